The van der Waals surface area contributed by atoms with Gasteiger partial charge in [-0.25, -0.2) is 4.79 Å². The van der Waals surface area contributed by atoms with Gasteiger partial charge in [0.15, 0.2) is 5.78 Å². The Morgan fingerprint density at radius 3 is 1.87 bits per heavy atom. The zero-order valence-electron chi connectivity index (χ0n) is 16.2. The standard InChI is InChI=1S/C24H19ClN2O3/c1-30-24(29)21(16-22(28)17-12-14-20(25)15-13-17)26-27-23(18-8-4-2-5-9-18)19-10-6-3-7-11-19/h2-16,26H,1H3/b21-16+. The first-order valence-corrected chi connectivity index (χ1v) is 9.50. The van der Waals surface area contributed by atoms with E-state index in [0.717, 1.165) is 17.2 Å². The molecule has 1 N–H and O–H groups in total. The van der Waals surface area contributed by atoms with E-state index in [1.165, 1.54) is 7.11 Å². The van der Waals surface area contributed by atoms with Crippen LogP contribution in [0.4, 0.5) is 0 Å². The number of hydrogen-bond acceptors (Lipinski definition) is 5. The topological polar surface area (TPSA) is 67.8 Å². The fraction of sp³-hybridized carbons (Fsp3) is 0.0417. The molecule has 30 heavy (non-hydrogen) atoms. The molecular weight excluding hydrogens is 400 g/mol. The summed E-state index contributed by atoms with van der Waals surface area (Å²) in [5, 5.41) is 4.93. The van der Waals surface area contributed by atoms with Crippen molar-refractivity contribution in [2.75, 3.05) is 7.11 Å². The lowest BCUT2D eigenvalue weighted by Gasteiger charge is -2.10. The molecule has 0 bridgehead atoms. The van der Waals surface area contributed by atoms with E-state index in [0.29, 0.717) is 16.3 Å². The molecule has 3 aromatic carbocycles. The molecule has 0 unspecified atom stereocenters. The number of allylic oxidation sites excluding steroid dienone is 1. The van der Waals surface area contributed by atoms with Crippen LogP contribution in [-0.2, 0) is 9.53 Å². The Balaban J connectivity index is 1.96. The number of nitrogens with zero attached hydrogens (tertiary/aromatic N) is 1. The molecular formula is C24H19ClN2O3. The fourth-order valence-corrected chi connectivity index (χ4v) is 2.81. The minimum atomic E-state index is -0.707. The molecule has 0 fully saturated rings. The zero-order chi connectivity index (χ0) is 21.3. The predicted octanol–water partition coefficient (Wildman–Crippen LogP) is 4.62. The van der Waals surface area contributed by atoms with Gasteiger partial charge >= 0.3 is 5.97 Å². The molecule has 0 saturated carbocycles. The first-order valence-electron chi connectivity index (χ1n) is 9.13. The molecule has 0 saturated heterocycles. The van der Waals surface area contributed by atoms with Crippen LogP contribution in [0.5, 0.6) is 0 Å². The molecule has 0 spiro atoms. The van der Waals surface area contributed by atoms with Crippen molar-refractivity contribution in [3.05, 3.63) is 118 Å². The number of halogens is 1. The number of carbonyl (C=O) groups excluding carboxylic acids is 2. The van der Waals surface area contributed by atoms with E-state index >= 15 is 0 Å². The van der Waals surface area contributed by atoms with Crippen LogP contribution >= 0.6 is 11.6 Å². The average molecular weight is 419 g/mol. The Hall–Kier alpha value is -3.70. The van der Waals surface area contributed by atoms with Crippen LogP contribution in [-0.4, -0.2) is 24.6 Å². The van der Waals surface area contributed by atoms with Crippen LogP contribution in [0.15, 0.2) is 102 Å². The van der Waals surface area contributed by atoms with Crippen molar-refractivity contribution in [2.24, 2.45) is 5.10 Å². The lowest BCUT2D eigenvalue weighted by Crippen LogP contribution is -2.21. The summed E-state index contributed by atoms with van der Waals surface area (Å²) < 4.78 is 4.80. The van der Waals surface area contributed by atoms with Crippen molar-refractivity contribution in [1.82, 2.24) is 5.43 Å². The number of methoxy groups -OCH3 is 1. The van der Waals surface area contributed by atoms with Gasteiger partial charge < -0.3 is 4.74 Å². The molecule has 0 aliphatic carbocycles. The zero-order valence-corrected chi connectivity index (χ0v) is 17.0. The number of ketones is 1. The van der Waals surface area contributed by atoms with E-state index in [4.69, 9.17) is 16.3 Å². The number of hydrazone groups is 1. The second-order valence-electron chi connectivity index (χ2n) is 6.23. The Kier molecular flexibility index (Phi) is 7.14. The summed E-state index contributed by atoms with van der Waals surface area (Å²) in [6.07, 6.45) is 1.16. The Morgan fingerprint density at radius 2 is 1.37 bits per heavy atom. The van der Waals surface area contributed by atoms with E-state index < -0.39 is 5.97 Å². The fourth-order valence-electron chi connectivity index (χ4n) is 2.68. The molecule has 0 atom stereocenters. The van der Waals surface area contributed by atoms with Gasteiger partial charge in [0.25, 0.3) is 0 Å². The van der Waals surface area contributed by atoms with Gasteiger partial charge in [0.05, 0.1) is 12.8 Å². The summed E-state index contributed by atoms with van der Waals surface area (Å²) in [7, 11) is 1.24. The van der Waals surface area contributed by atoms with Crippen molar-refractivity contribution >= 4 is 29.1 Å². The third kappa shape index (κ3) is 5.43. The van der Waals surface area contributed by atoms with Crippen LogP contribution in [0.25, 0.3) is 0 Å². The van der Waals surface area contributed by atoms with Crippen molar-refractivity contribution in [3.63, 3.8) is 0 Å². The summed E-state index contributed by atoms with van der Waals surface area (Å²) in [4.78, 5) is 24.8. The molecule has 150 valence electrons. The van der Waals surface area contributed by atoms with Gasteiger partial charge in [-0.2, -0.15) is 5.10 Å². The highest BCUT2D eigenvalue weighted by molar-refractivity contribution is 6.30. The molecule has 3 aromatic rings. The smallest absolute Gasteiger partial charge is 0.356 e. The SMILES string of the molecule is COC(=O)/C(=C\C(=O)c1ccc(Cl)cc1)NN=C(c1ccccc1)c1ccccc1. The van der Waals surface area contributed by atoms with Gasteiger partial charge in [-0.1, -0.05) is 72.3 Å². The quantitative estimate of drug-likeness (QED) is 0.200. The number of esters is 1. The van der Waals surface area contributed by atoms with Crippen molar-refractivity contribution < 1.29 is 14.3 Å². The summed E-state index contributed by atoms with van der Waals surface area (Å²) in [5.41, 5.74) is 5.33. The number of nitrogens with one attached hydrogen (secondary N) is 1. The van der Waals surface area contributed by atoms with E-state index in [1.54, 1.807) is 24.3 Å². The van der Waals surface area contributed by atoms with Gasteiger partial charge in [-0.3, -0.25) is 10.2 Å². The van der Waals surface area contributed by atoms with Crippen LogP contribution in [0.1, 0.15) is 21.5 Å². The highest BCUT2D eigenvalue weighted by Crippen LogP contribution is 2.13. The van der Waals surface area contributed by atoms with Crippen molar-refractivity contribution in [3.8, 4) is 0 Å². The Labute approximate surface area is 179 Å². The van der Waals surface area contributed by atoms with E-state index in [9.17, 15) is 9.59 Å². The lowest BCUT2D eigenvalue weighted by atomic mass is 10.0. The maximum absolute atomic E-state index is 12.6. The van der Waals surface area contributed by atoms with Crippen LogP contribution < -0.4 is 5.43 Å². The van der Waals surface area contributed by atoms with E-state index in [-0.39, 0.29) is 11.5 Å². The number of rotatable bonds is 7. The maximum Gasteiger partial charge on any atom is 0.356 e. The van der Waals surface area contributed by atoms with Gasteiger partial charge in [0.2, 0.25) is 0 Å². The summed E-state index contributed by atoms with van der Waals surface area (Å²) >= 11 is 5.87. The summed E-state index contributed by atoms with van der Waals surface area (Å²) in [5.74, 6) is -1.09. The molecule has 0 amide bonds. The second-order valence-corrected chi connectivity index (χ2v) is 6.66. The van der Waals surface area contributed by atoms with Crippen LogP contribution in [0.2, 0.25) is 5.02 Å². The first-order chi connectivity index (χ1) is 14.6. The normalized spacial score (nSPS) is 10.8. The second kappa shape index (κ2) is 10.2. The monoisotopic (exact) mass is 418 g/mol. The highest BCUT2D eigenvalue weighted by Gasteiger charge is 2.14. The number of hydrogen-bond donors (Lipinski definition) is 1. The van der Waals surface area contributed by atoms with Crippen LogP contribution in [0.3, 0.4) is 0 Å². The Morgan fingerprint density at radius 1 is 0.833 bits per heavy atom. The molecule has 0 radical (unpaired) electrons. The van der Waals surface area contributed by atoms with Crippen LogP contribution in [0, 0.1) is 0 Å². The number of carbonyl (C=O) groups is 2. The predicted molar refractivity (Wildman–Crippen MR) is 118 cm³/mol. The molecule has 5 nitrogen and oxygen atoms in total. The molecule has 0 aliphatic rings. The third-order valence-corrected chi connectivity index (χ3v) is 4.44. The minimum absolute atomic E-state index is 0.0817. The molecule has 0 aromatic heterocycles. The number of ether oxygens (including phenoxy) is 1. The molecule has 0 heterocycles. The third-order valence-electron chi connectivity index (χ3n) is 4.19. The lowest BCUT2D eigenvalue weighted by molar-refractivity contribution is -0.136. The van der Waals surface area contributed by atoms with E-state index in [1.807, 2.05) is 60.7 Å². The number of benzene rings is 3. The van der Waals surface area contributed by atoms with Gasteiger partial charge in [-0.05, 0) is 24.3 Å². The largest absolute Gasteiger partial charge is 0.464 e. The van der Waals surface area contributed by atoms with Gasteiger partial charge in [-0.15, -0.1) is 0 Å². The summed E-state index contributed by atoms with van der Waals surface area (Å²) in [6, 6.07) is 25.4. The summed E-state index contributed by atoms with van der Waals surface area (Å²) in [6.45, 7) is 0. The molecule has 0 aliphatic heterocycles. The van der Waals surface area contributed by atoms with Gasteiger partial charge in [0, 0.05) is 27.8 Å². The molecule has 3 rings (SSSR count). The van der Waals surface area contributed by atoms with E-state index in [2.05, 4.69) is 10.5 Å². The van der Waals surface area contributed by atoms with Gasteiger partial charge in [0.1, 0.15) is 5.70 Å². The Bertz CT molecular complexity index is 1030. The maximum atomic E-state index is 12.6. The molecule has 6 heteroatoms. The van der Waals surface area contributed by atoms with Crippen molar-refractivity contribution in [1.29, 1.82) is 0 Å². The first kappa shape index (κ1) is 21.0. The van der Waals surface area contributed by atoms with Crippen molar-refractivity contribution in [2.45, 2.75) is 0 Å². The minimum Gasteiger partial charge on any atom is -0.464 e. The highest BCUT2D eigenvalue weighted by atomic mass is 35.5. The average Bonchev–Trinajstić information content (AvgIpc) is 2.79.